The summed E-state index contributed by atoms with van der Waals surface area (Å²) in [4.78, 5) is 7.15. The highest BCUT2D eigenvalue weighted by molar-refractivity contribution is 5.52. The van der Waals surface area contributed by atoms with Gasteiger partial charge < -0.3 is 15.0 Å². The molecule has 1 aliphatic rings. The molecule has 0 aromatic carbocycles. The van der Waals surface area contributed by atoms with Gasteiger partial charge in [-0.15, -0.1) is 0 Å². The van der Waals surface area contributed by atoms with E-state index in [2.05, 4.69) is 28.1 Å². The first-order valence-electron chi connectivity index (χ1n) is 7.59. The molecule has 2 N–H and O–H groups in total. The zero-order chi connectivity index (χ0) is 14.1. The second-order valence-electron chi connectivity index (χ2n) is 6.21. The fourth-order valence-electron chi connectivity index (χ4n) is 3.14. The highest BCUT2D eigenvalue weighted by atomic mass is 15.1. The predicted molar refractivity (Wildman–Crippen MR) is 82.7 cm³/mol. The predicted octanol–water partition coefficient (Wildman–Crippen LogP) is 2.58. The van der Waals surface area contributed by atoms with E-state index in [4.69, 9.17) is 5.73 Å². The minimum atomic E-state index is 0.669. The van der Waals surface area contributed by atoms with Crippen molar-refractivity contribution in [2.45, 2.75) is 39.2 Å². The van der Waals surface area contributed by atoms with E-state index in [1.54, 1.807) is 0 Å². The van der Waals surface area contributed by atoms with Crippen LogP contribution < -0.4 is 5.73 Å². The summed E-state index contributed by atoms with van der Waals surface area (Å²) >= 11 is 0. The van der Waals surface area contributed by atoms with Crippen molar-refractivity contribution in [1.29, 1.82) is 0 Å². The Hall–Kier alpha value is -1.55. The summed E-state index contributed by atoms with van der Waals surface area (Å²) in [5.74, 6) is 1.90. The van der Waals surface area contributed by atoms with Gasteiger partial charge in [0.2, 0.25) is 0 Å². The van der Waals surface area contributed by atoms with Crippen LogP contribution in [0.5, 0.6) is 0 Å². The third-order valence-electron chi connectivity index (χ3n) is 4.48. The van der Waals surface area contributed by atoms with Crippen molar-refractivity contribution in [2.24, 2.45) is 5.92 Å². The topological polar surface area (TPSA) is 46.6 Å². The highest BCUT2D eigenvalue weighted by Gasteiger charge is 2.22. The number of hydrogen-bond donors (Lipinski definition) is 1. The SMILES string of the molecule is CC(C)N1CCC(Cc2ncc3ccc(N)cn23)CC1. The Morgan fingerprint density at radius 2 is 2.05 bits per heavy atom. The molecule has 0 spiro atoms. The number of imidazole rings is 1. The average molecular weight is 272 g/mol. The summed E-state index contributed by atoms with van der Waals surface area (Å²) < 4.78 is 2.14. The molecule has 3 heterocycles. The number of pyridine rings is 1. The van der Waals surface area contributed by atoms with Gasteiger partial charge in [0.25, 0.3) is 0 Å². The second-order valence-corrected chi connectivity index (χ2v) is 6.21. The van der Waals surface area contributed by atoms with Crippen LogP contribution >= 0.6 is 0 Å². The molecule has 2 aromatic rings. The highest BCUT2D eigenvalue weighted by Crippen LogP contribution is 2.23. The van der Waals surface area contributed by atoms with Gasteiger partial charge in [-0.3, -0.25) is 0 Å². The summed E-state index contributed by atoms with van der Waals surface area (Å²) in [5, 5.41) is 0. The van der Waals surface area contributed by atoms with Crippen molar-refractivity contribution in [3.8, 4) is 0 Å². The van der Waals surface area contributed by atoms with E-state index in [-0.39, 0.29) is 0 Å². The Labute approximate surface area is 120 Å². The normalized spacial score (nSPS) is 18.1. The lowest BCUT2D eigenvalue weighted by molar-refractivity contribution is 0.148. The molecular formula is C16H24N4. The van der Waals surface area contributed by atoms with Gasteiger partial charge in [0.1, 0.15) is 5.82 Å². The van der Waals surface area contributed by atoms with Gasteiger partial charge >= 0.3 is 0 Å². The smallest absolute Gasteiger partial charge is 0.113 e. The van der Waals surface area contributed by atoms with Crippen LogP contribution in [0, 0.1) is 5.92 Å². The fraction of sp³-hybridized carbons (Fsp3) is 0.562. The molecule has 0 radical (unpaired) electrons. The molecule has 1 fully saturated rings. The number of piperidine rings is 1. The molecular weight excluding hydrogens is 248 g/mol. The molecule has 0 saturated carbocycles. The largest absolute Gasteiger partial charge is 0.398 e. The molecule has 1 aliphatic heterocycles. The van der Waals surface area contributed by atoms with Crippen LogP contribution in [0.2, 0.25) is 0 Å². The van der Waals surface area contributed by atoms with Gasteiger partial charge in [-0.2, -0.15) is 0 Å². The number of aromatic nitrogens is 2. The van der Waals surface area contributed by atoms with Crippen LogP contribution in [0.1, 0.15) is 32.5 Å². The fourth-order valence-corrected chi connectivity index (χ4v) is 3.14. The number of rotatable bonds is 3. The molecule has 4 heteroatoms. The van der Waals surface area contributed by atoms with Crippen LogP contribution in [0.15, 0.2) is 24.5 Å². The van der Waals surface area contributed by atoms with Gasteiger partial charge in [0.15, 0.2) is 0 Å². The van der Waals surface area contributed by atoms with Crippen molar-refractivity contribution in [3.05, 3.63) is 30.4 Å². The number of fused-ring (bicyclic) bond motifs is 1. The van der Waals surface area contributed by atoms with Crippen LogP contribution in [0.4, 0.5) is 5.69 Å². The van der Waals surface area contributed by atoms with Gasteiger partial charge in [-0.25, -0.2) is 4.98 Å². The Balaban J connectivity index is 1.70. The number of hydrogen-bond acceptors (Lipinski definition) is 3. The van der Waals surface area contributed by atoms with E-state index in [1.165, 1.54) is 25.9 Å². The summed E-state index contributed by atoms with van der Waals surface area (Å²) in [7, 11) is 0. The molecule has 4 nitrogen and oxygen atoms in total. The molecule has 0 amide bonds. The maximum absolute atomic E-state index is 5.88. The summed E-state index contributed by atoms with van der Waals surface area (Å²) in [6, 6.07) is 4.64. The first kappa shape index (κ1) is 13.4. The Kier molecular flexibility index (Phi) is 3.66. The maximum Gasteiger partial charge on any atom is 0.113 e. The first-order chi connectivity index (χ1) is 9.63. The number of nitrogen functional groups attached to an aromatic ring is 1. The third-order valence-corrected chi connectivity index (χ3v) is 4.48. The van der Waals surface area contributed by atoms with Crippen molar-refractivity contribution in [1.82, 2.24) is 14.3 Å². The zero-order valence-electron chi connectivity index (χ0n) is 12.4. The summed E-state index contributed by atoms with van der Waals surface area (Å²) in [5.41, 5.74) is 7.81. The Morgan fingerprint density at radius 1 is 1.30 bits per heavy atom. The molecule has 3 rings (SSSR count). The standard InChI is InChI=1S/C16H24N4/c1-12(2)19-7-5-13(6-8-19)9-16-18-10-15-4-3-14(17)11-20(15)16/h3-4,10-13H,5-9,17H2,1-2H3. The summed E-state index contributed by atoms with van der Waals surface area (Å²) in [6.45, 7) is 7.00. The average Bonchev–Trinajstić information content (AvgIpc) is 2.82. The van der Waals surface area contributed by atoms with Crippen LogP contribution in [-0.4, -0.2) is 33.4 Å². The van der Waals surface area contributed by atoms with E-state index in [9.17, 15) is 0 Å². The lowest BCUT2D eigenvalue weighted by atomic mass is 9.92. The van der Waals surface area contributed by atoms with E-state index in [1.807, 2.05) is 24.5 Å². The molecule has 108 valence electrons. The molecule has 0 aliphatic carbocycles. The zero-order valence-corrected chi connectivity index (χ0v) is 12.4. The number of nitrogens with two attached hydrogens (primary N) is 1. The minimum Gasteiger partial charge on any atom is -0.398 e. The van der Waals surface area contributed by atoms with Crippen LogP contribution in [0.3, 0.4) is 0 Å². The van der Waals surface area contributed by atoms with E-state index in [0.29, 0.717) is 6.04 Å². The van der Waals surface area contributed by atoms with Crippen LogP contribution in [-0.2, 0) is 6.42 Å². The van der Waals surface area contributed by atoms with E-state index < -0.39 is 0 Å². The minimum absolute atomic E-state index is 0.669. The molecule has 0 atom stereocenters. The van der Waals surface area contributed by atoms with Gasteiger partial charge in [-0.05, 0) is 57.8 Å². The monoisotopic (exact) mass is 272 g/mol. The molecule has 0 unspecified atom stereocenters. The second kappa shape index (κ2) is 5.44. The van der Waals surface area contributed by atoms with Gasteiger partial charge in [0, 0.05) is 24.3 Å². The van der Waals surface area contributed by atoms with Crippen molar-refractivity contribution < 1.29 is 0 Å². The van der Waals surface area contributed by atoms with E-state index in [0.717, 1.165) is 29.4 Å². The maximum atomic E-state index is 5.88. The molecule has 0 bridgehead atoms. The molecule has 1 saturated heterocycles. The molecule has 2 aromatic heterocycles. The lowest BCUT2D eigenvalue weighted by Gasteiger charge is -2.34. The van der Waals surface area contributed by atoms with Crippen LogP contribution in [0.25, 0.3) is 5.52 Å². The van der Waals surface area contributed by atoms with Gasteiger partial charge in [-0.1, -0.05) is 0 Å². The third kappa shape index (κ3) is 2.66. The number of anilines is 1. The van der Waals surface area contributed by atoms with E-state index >= 15 is 0 Å². The summed E-state index contributed by atoms with van der Waals surface area (Å²) in [6.07, 6.45) is 7.54. The van der Waals surface area contributed by atoms with Crippen molar-refractivity contribution in [3.63, 3.8) is 0 Å². The van der Waals surface area contributed by atoms with Crippen molar-refractivity contribution in [2.75, 3.05) is 18.8 Å². The van der Waals surface area contributed by atoms with Gasteiger partial charge in [0.05, 0.1) is 11.7 Å². The van der Waals surface area contributed by atoms with Crippen molar-refractivity contribution >= 4 is 11.2 Å². The first-order valence-corrected chi connectivity index (χ1v) is 7.59. The Bertz CT molecular complexity index is 579. The Morgan fingerprint density at radius 3 is 2.75 bits per heavy atom. The lowest BCUT2D eigenvalue weighted by Crippen LogP contribution is -2.38. The molecule has 20 heavy (non-hydrogen) atoms. The number of nitrogens with zero attached hydrogens (tertiary/aromatic N) is 3. The number of likely N-dealkylation sites (tertiary alicyclic amines) is 1. The quantitative estimate of drug-likeness (QED) is 0.934.